The molecule has 3 aromatic carbocycles. The minimum absolute atomic E-state index is 0.188. The van der Waals surface area contributed by atoms with Gasteiger partial charge in [-0.15, -0.1) is 0 Å². The maximum absolute atomic E-state index is 13.5. The fourth-order valence-corrected chi connectivity index (χ4v) is 4.91. The zero-order valence-corrected chi connectivity index (χ0v) is 24.2. The Morgan fingerprint density at radius 3 is 1.88 bits per heavy atom. The molecule has 4 rings (SSSR count). The molecule has 2 amide bonds. The Kier molecular flexibility index (Phi) is 9.45. The van der Waals surface area contributed by atoms with E-state index in [9.17, 15) is 9.59 Å². The number of nitrogens with zero attached hydrogens (tertiary/aromatic N) is 2. The number of methoxy groups -OCH3 is 4. The molecule has 1 fully saturated rings. The van der Waals surface area contributed by atoms with Crippen molar-refractivity contribution in [2.75, 3.05) is 54.6 Å². The lowest BCUT2D eigenvalue weighted by Crippen LogP contribution is -2.50. The highest BCUT2D eigenvalue weighted by Gasteiger charge is 2.27. The standard InChI is InChI=1S/C30H30Cl2N2O6/c1-37-22-8-5-19(6-9-22)23(24-17-21(31)7-10-25(24)32)18-28(35)33-11-13-34(14-12-33)30(36)20-15-26(38-2)29(40-4)27(16-20)39-3/h5-10,15-18H,11-14H2,1-4H3. The van der Waals surface area contributed by atoms with Crippen LogP contribution in [0.15, 0.2) is 60.7 Å². The van der Waals surface area contributed by atoms with Crippen LogP contribution in [0.3, 0.4) is 0 Å². The smallest absolute Gasteiger partial charge is 0.254 e. The van der Waals surface area contributed by atoms with Crippen LogP contribution in [0.1, 0.15) is 21.5 Å². The Hall–Kier alpha value is -3.88. The van der Waals surface area contributed by atoms with Crippen molar-refractivity contribution in [3.8, 4) is 23.0 Å². The maximum atomic E-state index is 13.5. The molecule has 40 heavy (non-hydrogen) atoms. The molecule has 0 spiro atoms. The Morgan fingerprint density at radius 2 is 1.32 bits per heavy atom. The summed E-state index contributed by atoms with van der Waals surface area (Å²) in [4.78, 5) is 30.2. The van der Waals surface area contributed by atoms with Gasteiger partial charge in [0.1, 0.15) is 5.75 Å². The molecular formula is C30H30Cl2N2O6. The number of hydrogen-bond acceptors (Lipinski definition) is 6. The molecule has 0 unspecified atom stereocenters. The van der Waals surface area contributed by atoms with E-state index in [-0.39, 0.29) is 11.8 Å². The molecule has 0 radical (unpaired) electrons. The third-order valence-corrected chi connectivity index (χ3v) is 7.24. The molecule has 3 aromatic rings. The molecule has 0 atom stereocenters. The van der Waals surface area contributed by atoms with Crippen LogP contribution in [-0.2, 0) is 4.79 Å². The van der Waals surface area contributed by atoms with Crippen LogP contribution in [0, 0.1) is 0 Å². The third-order valence-electron chi connectivity index (χ3n) is 6.68. The van der Waals surface area contributed by atoms with Gasteiger partial charge in [-0.1, -0.05) is 35.3 Å². The Morgan fingerprint density at radius 1 is 0.725 bits per heavy atom. The zero-order valence-electron chi connectivity index (χ0n) is 22.7. The topological polar surface area (TPSA) is 77.5 Å². The second kappa shape index (κ2) is 13.0. The van der Waals surface area contributed by atoms with E-state index in [4.69, 9.17) is 42.1 Å². The predicted molar refractivity (Wildman–Crippen MR) is 155 cm³/mol. The first-order valence-electron chi connectivity index (χ1n) is 12.5. The molecule has 1 aliphatic heterocycles. The second-order valence-electron chi connectivity index (χ2n) is 8.94. The summed E-state index contributed by atoms with van der Waals surface area (Å²) in [6, 6.07) is 15.8. The molecule has 0 N–H and O–H groups in total. The van der Waals surface area contributed by atoms with Gasteiger partial charge in [-0.25, -0.2) is 0 Å². The van der Waals surface area contributed by atoms with Crippen LogP contribution in [0.25, 0.3) is 5.57 Å². The molecule has 1 aliphatic rings. The van der Waals surface area contributed by atoms with Gasteiger partial charge in [-0.05, 0) is 53.6 Å². The maximum Gasteiger partial charge on any atom is 0.254 e. The molecule has 210 valence electrons. The van der Waals surface area contributed by atoms with E-state index in [1.165, 1.54) is 21.3 Å². The fraction of sp³-hybridized carbons (Fsp3) is 0.267. The molecule has 10 heteroatoms. The molecule has 0 aromatic heterocycles. The van der Waals surface area contributed by atoms with Crippen molar-refractivity contribution in [2.45, 2.75) is 0 Å². The Balaban J connectivity index is 1.54. The minimum Gasteiger partial charge on any atom is -0.497 e. The van der Waals surface area contributed by atoms with Gasteiger partial charge in [0.2, 0.25) is 11.7 Å². The van der Waals surface area contributed by atoms with Crippen LogP contribution >= 0.6 is 23.2 Å². The molecule has 8 nitrogen and oxygen atoms in total. The quantitative estimate of drug-likeness (QED) is 0.328. The van der Waals surface area contributed by atoms with Gasteiger partial charge in [0.15, 0.2) is 11.5 Å². The van der Waals surface area contributed by atoms with E-state index in [1.807, 2.05) is 24.3 Å². The number of piperazine rings is 1. The van der Waals surface area contributed by atoms with Crippen molar-refractivity contribution in [3.63, 3.8) is 0 Å². The highest BCUT2D eigenvalue weighted by Crippen LogP contribution is 2.38. The second-order valence-corrected chi connectivity index (χ2v) is 9.79. The van der Waals surface area contributed by atoms with E-state index < -0.39 is 0 Å². The Labute approximate surface area is 243 Å². The van der Waals surface area contributed by atoms with Crippen LogP contribution in [0.5, 0.6) is 23.0 Å². The highest BCUT2D eigenvalue weighted by molar-refractivity contribution is 6.34. The zero-order chi connectivity index (χ0) is 28.8. The fourth-order valence-electron chi connectivity index (χ4n) is 4.52. The van der Waals surface area contributed by atoms with Gasteiger partial charge < -0.3 is 28.7 Å². The first-order chi connectivity index (χ1) is 19.3. The minimum atomic E-state index is -0.193. The largest absolute Gasteiger partial charge is 0.497 e. The van der Waals surface area contributed by atoms with Crippen molar-refractivity contribution in [1.29, 1.82) is 0 Å². The normalized spacial score (nSPS) is 13.6. The summed E-state index contributed by atoms with van der Waals surface area (Å²) in [6.07, 6.45) is 1.57. The van der Waals surface area contributed by atoms with Gasteiger partial charge in [-0.3, -0.25) is 9.59 Å². The van der Waals surface area contributed by atoms with E-state index in [0.717, 1.165) is 5.56 Å². The lowest BCUT2D eigenvalue weighted by molar-refractivity contribution is -0.127. The van der Waals surface area contributed by atoms with Crippen molar-refractivity contribution in [3.05, 3.63) is 87.4 Å². The summed E-state index contributed by atoms with van der Waals surface area (Å²) in [7, 11) is 6.10. The first kappa shape index (κ1) is 29.1. The summed E-state index contributed by atoms with van der Waals surface area (Å²) < 4.78 is 21.4. The van der Waals surface area contributed by atoms with Crippen molar-refractivity contribution in [2.24, 2.45) is 0 Å². The number of hydrogen-bond donors (Lipinski definition) is 0. The number of ether oxygens (including phenoxy) is 4. The van der Waals surface area contributed by atoms with Crippen LogP contribution in [-0.4, -0.2) is 76.2 Å². The van der Waals surface area contributed by atoms with Gasteiger partial charge in [0, 0.05) is 53.4 Å². The number of carbonyl (C=O) groups excluding carboxylic acids is 2. The first-order valence-corrected chi connectivity index (χ1v) is 13.2. The highest BCUT2D eigenvalue weighted by atomic mass is 35.5. The number of rotatable bonds is 8. The number of benzene rings is 3. The number of halogens is 2. The predicted octanol–water partition coefficient (Wildman–Crippen LogP) is 5.44. The number of carbonyl (C=O) groups is 2. The van der Waals surface area contributed by atoms with E-state index in [1.54, 1.807) is 53.3 Å². The molecule has 0 aliphatic carbocycles. The van der Waals surface area contributed by atoms with Gasteiger partial charge in [-0.2, -0.15) is 0 Å². The molecule has 0 saturated carbocycles. The SMILES string of the molecule is COc1ccc(C(=CC(=O)N2CCN(C(=O)c3cc(OC)c(OC)c(OC)c3)CC2)c2cc(Cl)ccc2Cl)cc1. The monoisotopic (exact) mass is 584 g/mol. The van der Waals surface area contributed by atoms with Gasteiger partial charge >= 0.3 is 0 Å². The van der Waals surface area contributed by atoms with Crippen LogP contribution in [0.4, 0.5) is 0 Å². The third kappa shape index (κ3) is 6.29. The van der Waals surface area contributed by atoms with E-state index >= 15 is 0 Å². The van der Waals surface area contributed by atoms with Crippen LogP contribution < -0.4 is 18.9 Å². The van der Waals surface area contributed by atoms with E-state index in [0.29, 0.717) is 75.9 Å². The average molecular weight is 585 g/mol. The van der Waals surface area contributed by atoms with Crippen molar-refractivity contribution < 1.29 is 28.5 Å². The molecular weight excluding hydrogens is 555 g/mol. The average Bonchev–Trinajstić information content (AvgIpc) is 3.00. The van der Waals surface area contributed by atoms with E-state index in [2.05, 4.69) is 0 Å². The summed E-state index contributed by atoms with van der Waals surface area (Å²) in [5.41, 5.74) is 2.47. The lowest BCUT2D eigenvalue weighted by Gasteiger charge is -2.34. The lowest BCUT2D eigenvalue weighted by atomic mass is 9.97. The molecule has 1 saturated heterocycles. The summed E-state index contributed by atoms with van der Waals surface area (Å²) in [5, 5.41) is 0.977. The van der Waals surface area contributed by atoms with Crippen molar-refractivity contribution >= 4 is 40.6 Å². The Bertz CT molecular complexity index is 1390. The van der Waals surface area contributed by atoms with Gasteiger partial charge in [0.25, 0.3) is 5.91 Å². The number of amides is 2. The van der Waals surface area contributed by atoms with Crippen molar-refractivity contribution in [1.82, 2.24) is 9.80 Å². The van der Waals surface area contributed by atoms with Crippen LogP contribution in [0.2, 0.25) is 10.0 Å². The summed E-state index contributed by atoms with van der Waals surface area (Å²) in [5.74, 6) is 1.52. The molecule has 1 heterocycles. The molecule has 0 bridgehead atoms. The summed E-state index contributed by atoms with van der Waals surface area (Å²) >= 11 is 12.8. The summed E-state index contributed by atoms with van der Waals surface area (Å²) in [6.45, 7) is 1.46. The van der Waals surface area contributed by atoms with Gasteiger partial charge in [0.05, 0.1) is 28.4 Å².